The lowest BCUT2D eigenvalue weighted by atomic mass is 9.90. The number of nitrogens with one attached hydrogen (secondary N) is 1. The molecule has 0 bridgehead atoms. The minimum atomic E-state index is 0.164. The summed E-state index contributed by atoms with van der Waals surface area (Å²) in [7, 11) is 5.48. The lowest BCUT2D eigenvalue weighted by Gasteiger charge is -2.37. The van der Waals surface area contributed by atoms with Gasteiger partial charge in [0.2, 0.25) is 5.91 Å². The van der Waals surface area contributed by atoms with Gasteiger partial charge in [-0.2, -0.15) is 0 Å². The van der Waals surface area contributed by atoms with Crippen LogP contribution in [0.1, 0.15) is 32.6 Å². The van der Waals surface area contributed by atoms with Crippen LogP contribution in [0.15, 0.2) is 18.2 Å². The third-order valence-corrected chi connectivity index (χ3v) is 6.12. The minimum Gasteiger partial charge on any atom is -0.497 e. The zero-order valence-corrected chi connectivity index (χ0v) is 17.0. The van der Waals surface area contributed by atoms with Gasteiger partial charge in [0, 0.05) is 55.0 Å². The molecule has 3 rings (SSSR count). The van der Waals surface area contributed by atoms with Crippen molar-refractivity contribution in [3.8, 4) is 11.5 Å². The zero-order valence-electron chi connectivity index (χ0n) is 17.0. The van der Waals surface area contributed by atoms with Crippen LogP contribution in [0.2, 0.25) is 0 Å². The molecule has 2 aliphatic rings. The van der Waals surface area contributed by atoms with E-state index in [0.717, 1.165) is 62.5 Å². The number of carbonyl (C=O) groups is 1. The Balaban J connectivity index is 1.52. The van der Waals surface area contributed by atoms with Crippen molar-refractivity contribution in [2.75, 3.05) is 45.8 Å². The van der Waals surface area contributed by atoms with Crippen molar-refractivity contribution in [3.63, 3.8) is 0 Å². The molecule has 2 fully saturated rings. The van der Waals surface area contributed by atoms with Crippen LogP contribution in [-0.4, -0.2) is 63.8 Å². The van der Waals surface area contributed by atoms with E-state index in [4.69, 9.17) is 9.47 Å². The number of carbonyl (C=O) groups excluding carboxylic acids is 1. The number of benzene rings is 1. The van der Waals surface area contributed by atoms with Crippen LogP contribution in [0.3, 0.4) is 0 Å². The molecular formula is C21H33N3O3. The van der Waals surface area contributed by atoms with Crippen LogP contribution in [0.5, 0.6) is 11.5 Å². The molecule has 0 aromatic heterocycles. The summed E-state index contributed by atoms with van der Waals surface area (Å²) in [4.78, 5) is 17.3. The van der Waals surface area contributed by atoms with Crippen molar-refractivity contribution in [3.05, 3.63) is 18.2 Å². The maximum atomic E-state index is 12.7. The van der Waals surface area contributed by atoms with Crippen molar-refractivity contribution in [2.24, 2.45) is 5.92 Å². The molecule has 150 valence electrons. The highest BCUT2D eigenvalue weighted by Gasteiger charge is 2.30. The van der Waals surface area contributed by atoms with Gasteiger partial charge in [-0.15, -0.1) is 0 Å². The lowest BCUT2D eigenvalue weighted by molar-refractivity contribution is -0.127. The quantitative estimate of drug-likeness (QED) is 0.857. The smallest absolute Gasteiger partial charge is 0.223 e. The first-order valence-electron chi connectivity index (χ1n) is 9.98. The summed E-state index contributed by atoms with van der Waals surface area (Å²) in [6.45, 7) is 5.06. The van der Waals surface area contributed by atoms with Gasteiger partial charge in [0.1, 0.15) is 11.5 Å². The largest absolute Gasteiger partial charge is 0.497 e. The van der Waals surface area contributed by atoms with Gasteiger partial charge in [-0.3, -0.25) is 4.79 Å². The number of hydrogen-bond acceptors (Lipinski definition) is 5. The first-order valence-corrected chi connectivity index (χ1v) is 9.98. The molecule has 1 aromatic rings. The first-order chi connectivity index (χ1) is 13.0. The highest BCUT2D eigenvalue weighted by Crippen LogP contribution is 2.30. The van der Waals surface area contributed by atoms with Gasteiger partial charge in [-0.05, 0) is 46.2 Å². The summed E-state index contributed by atoms with van der Waals surface area (Å²) < 4.78 is 10.8. The number of hydrogen-bond donors (Lipinski definition) is 1. The van der Waals surface area contributed by atoms with Crippen LogP contribution in [0.25, 0.3) is 0 Å². The van der Waals surface area contributed by atoms with E-state index >= 15 is 0 Å². The molecule has 0 saturated carbocycles. The van der Waals surface area contributed by atoms with Crippen molar-refractivity contribution in [2.45, 2.75) is 44.7 Å². The second-order valence-corrected chi connectivity index (χ2v) is 7.89. The van der Waals surface area contributed by atoms with E-state index in [1.165, 1.54) is 0 Å². The number of anilines is 1. The Hall–Kier alpha value is -1.95. The van der Waals surface area contributed by atoms with Crippen LogP contribution in [0, 0.1) is 5.92 Å². The van der Waals surface area contributed by atoms with Crippen LogP contribution >= 0.6 is 0 Å². The third-order valence-electron chi connectivity index (χ3n) is 6.12. The summed E-state index contributed by atoms with van der Waals surface area (Å²) in [5.41, 5.74) is 1.11. The van der Waals surface area contributed by atoms with E-state index in [-0.39, 0.29) is 17.9 Å². The van der Waals surface area contributed by atoms with E-state index in [9.17, 15) is 4.79 Å². The van der Waals surface area contributed by atoms with Gasteiger partial charge >= 0.3 is 0 Å². The Morgan fingerprint density at radius 2 is 1.67 bits per heavy atom. The van der Waals surface area contributed by atoms with Crippen LogP contribution in [-0.2, 0) is 4.79 Å². The maximum absolute atomic E-state index is 12.7. The van der Waals surface area contributed by atoms with E-state index in [1.807, 2.05) is 18.2 Å². The Morgan fingerprint density at radius 1 is 1.04 bits per heavy atom. The number of amides is 1. The molecule has 0 radical (unpaired) electrons. The third kappa shape index (κ3) is 4.86. The molecule has 1 amide bonds. The van der Waals surface area contributed by atoms with Gasteiger partial charge < -0.3 is 24.6 Å². The molecule has 1 N–H and O–H groups in total. The molecule has 0 spiro atoms. The summed E-state index contributed by atoms with van der Waals surface area (Å²) in [5.74, 6) is 2.01. The van der Waals surface area contributed by atoms with Gasteiger partial charge in [-0.1, -0.05) is 0 Å². The fraction of sp³-hybridized carbons (Fsp3) is 0.667. The van der Waals surface area contributed by atoms with E-state index in [0.29, 0.717) is 6.04 Å². The summed E-state index contributed by atoms with van der Waals surface area (Å²) in [5, 5.41) is 3.31. The Labute approximate surface area is 162 Å². The monoisotopic (exact) mass is 375 g/mol. The standard InChI is InChI=1S/C21H33N3O3/c1-15-11-16(5-8-23(15)2)21(25)22-17-6-9-24(10-7-17)18-12-19(26-3)14-20(13-18)27-4/h12-17H,5-11H2,1-4H3,(H,22,25)/t15-,16-/m0/s1. The average molecular weight is 376 g/mol. The molecule has 6 nitrogen and oxygen atoms in total. The summed E-state index contributed by atoms with van der Waals surface area (Å²) in [6, 6.07) is 6.73. The number of piperidine rings is 2. The molecule has 2 heterocycles. The second kappa shape index (κ2) is 8.83. The Kier molecular flexibility index (Phi) is 6.47. The van der Waals surface area contributed by atoms with Gasteiger partial charge in [0.05, 0.1) is 14.2 Å². The first kappa shape index (κ1) is 19.8. The van der Waals surface area contributed by atoms with E-state index < -0.39 is 0 Å². The summed E-state index contributed by atoms with van der Waals surface area (Å²) >= 11 is 0. The topological polar surface area (TPSA) is 54.0 Å². The highest BCUT2D eigenvalue weighted by atomic mass is 16.5. The number of methoxy groups -OCH3 is 2. The predicted molar refractivity (Wildman–Crippen MR) is 108 cm³/mol. The van der Waals surface area contributed by atoms with Crippen LogP contribution < -0.4 is 19.7 Å². The normalized spacial score (nSPS) is 24.5. The van der Waals surface area contributed by atoms with Crippen molar-refractivity contribution in [1.29, 1.82) is 0 Å². The average Bonchev–Trinajstić information content (AvgIpc) is 2.70. The molecular weight excluding hydrogens is 342 g/mol. The minimum absolute atomic E-state index is 0.164. The second-order valence-electron chi connectivity index (χ2n) is 7.89. The molecule has 2 aliphatic heterocycles. The van der Waals surface area contributed by atoms with Crippen molar-refractivity contribution >= 4 is 11.6 Å². The fourth-order valence-corrected chi connectivity index (χ4v) is 4.10. The molecule has 0 unspecified atom stereocenters. The number of likely N-dealkylation sites (tertiary alicyclic amines) is 1. The molecule has 2 saturated heterocycles. The molecule has 2 atom stereocenters. The molecule has 27 heavy (non-hydrogen) atoms. The van der Waals surface area contributed by atoms with Crippen molar-refractivity contribution in [1.82, 2.24) is 10.2 Å². The highest BCUT2D eigenvalue weighted by molar-refractivity contribution is 5.79. The Morgan fingerprint density at radius 3 is 2.22 bits per heavy atom. The number of nitrogens with zero attached hydrogens (tertiary/aromatic N) is 2. The number of rotatable bonds is 5. The molecule has 0 aliphatic carbocycles. The van der Waals surface area contributed by atoms with Crippen molar-refractivity contribution < 1.29 is 14.3 Å². The lowest BCUT2D eigenvalue weighted by Crippen LogP contribution is -2.49. The van der Waals surface area contributed by atoms with E-state index in [1.54, 1.807) is 14.2 Å². The Bertz CT molecular complexity index is 621. The maximum Gasteiger partial charge on any atom is 0.223 e. The molecule has 6 heteroatoms. The predicted octanol–water partition coefficient (Wildman–Crippen LogP) is 2.52. The summed E-state index contributed by atoms with van der Waals surface area (Å²) in [6.07, 6.45) is 3.86. The van der Waals surface area contributed by atoms with Gasteiger partial charge in [-0.25, -0.2) is 0 Å². The zero-order chi connectivity index (χ0) is 19.4. The van der Waals surface area contributed by atoms with Crippen LogP contribution in [0.4, 0.5) is 5.69 Å². The molecule has 1 aromatic carbocycles. The SMILES string of the molecule is COc1cc(OC)cc(N2CCC(NC(=O)[C@H]3CCN(C)[C@@H](C)C3)CC2)c1. The fourth-order valence-electron chi connectivity index (χ4n) is 4.10. The van der Waals surface area contributed by atoms with E-state index in [2.05, 4.69) is 29.1 Å². The number of ether oxygens (including phenoxy) is 2. The van der Waals surface area contributed by atoms with Gasteiger partial charge in [0.15, 0.2) is 0 Å². The van der Waals surface area contributed by atoms with Gasteiger partial charge in [0.25, 0.3) is 0 Å².